The molecule has 18 heavy (non-hydrogen) atoms. The Morgan fingerprint density at radius 3 is 2.56 bits per heavy atom. The van der Waals surface area contributed by atoms with Crippen LogP contribution in [0.5, 0.6) is 0 Å². The zero-order valence-electron chi connectivity index (χ0n) is 9.31. The number of nitrogens with zero attached hydrogens (tertiary/aromatic N) is 1. The molecule has 0 aliphatic rings. The van der Waals surface area contributed by atoms with E-state index in [1.165, 1.54) is 6.08 Å². The number of hydrogen-bond donors (Lipinski definition) is 1. The van der Waals surface area contributed by atoms with Gasteiger partial charge in [-0.25, -0.2) is 0 Å². The fraction of sp³-hybridized carbons (Fsp3) is 0.0833. The molecule has 0 aliphatic carbocycles. The molecule has 1 aromatic rings. The number of carbonyl (C=O) groups is 2. The molecule has 0 fully saturated rings. The average molecular weight is 263 g/mol. The topological polar surface area (TPSA) is 74.7 Å². The molecule has 0 saturated carbocycles. The molecule has 0 atom stereocenters. The molecule has 92 valence electrons. The van der Waals surface area contributed by atoms with Gasteiger partial charge in [0.1, 0.15) is 0 Å². The normalized spacial score (nSPS) is 9.78. The fourth-order valence-electron chi connectivity index (χ4n) is 1.17. The number of carbonyl (C=O) groups excluding carboxylic acids is 1. The van der Waals surface area contributed by atoms with Gasteiger partial charge in [-0.15, -0.1) is 0 Å². The summed E-state index contributed by atoms with van der Waals surface area (Å²) in [6.45, 7) is -0.576. The molecule has 0 saturated heterocycles. The summed E-state index contributed by atoms with van der Waals surface area (Å²) in [6.07, 6.45) is 2.75. The third-order valence-electron chi connectivity index (χ3n) is 1.94. The van der Waals surface area contributed by atoms with Gasteiger partial charge >= 0.3 is 104 Å². The Morgan fingerprint density at radius 1 is 1.33 bits per heavy atom. The third-order valence-corrected chi connectivity index (χ3v) is 2.26. The van der Waals surface area contributed by atoms with Crippen LogP contribution in [0.3, 0.4) is 0 Å². The predicted molar refractivity (Wildman–Crippen MR) is 66.3 cm³/mol. The van der Waals surface area contributed by atoms with Gasteiger partial charge < -0.3 is 0 Å². The molecular formula is C12H10NO4P. The summed E-state index contributed by atoms with van der Waals surface area (Å²) in [5.41, 5.74) is 0.806. The van der Waals surface area contributed by atoms with Crippen LogP contribution in [0.25, 0.3) is 6.08 Å². The Labute approximate surface area is 105 Å². The Hall–Kier alpha value is -2.09. The molecule has 0 aliphatic heterocycles. The van der Waals surface area contributed by atoms with Crippen molar-refractivity contribution < 1.29 is 19.3 Å². The molecule has 5 nitrogen and oxygen atoms in total. The van der Waals surface area contributed by atoms with Gasteiger partial charge in [0.25, 0.3) is 0 Å². The molecule has 0 bridgehead atoms. The van der Waals surface area contributed by atoms with Crippen molar-refractivity contribution >= 4 is 25.9 Å². The van der Waals surface area contributed by atoms with E-state index in [1.807, 2.05) is 18.2 Å². The van der Waals surface area contributed by atoms with E-state index < -0.39 is 26.3 Å². The Morgan fingerprint density at radius 2 is 2.00 bits per heavy atom. The van der Waals surface area contributed by atoms with Gasteiger partial charge in [-0.3, -0.25) is 0 Å². The van der Waals surface area contributed by atoms with Crippen molar-refractivity contribution in [3.05, 3.63) is 42.0 Å². The van der Waals surface area contributed by atoms with Crippen molar-refractivity contribution in [3.63, 3.8) is 0 Å². The van der Waals surface area contributed by atoms with Crippen LogP contribution < -0.4 is 0 Å². The van der Waals surface area contributed by atoms with Crippen LogP contribution in [-0.4, -0.2) is 28.4 Å². The molecule has 0 spiro atoms. The summed E-state index contributed by atoms with van der Waals surface area (Å²) in [6, 6.07) is 9.06. The van der Waals surface area contributed by atoms with Gasteiger partial charge in [0.15, 0.2) is 0 Å². The van der Waals surface area contributed by atoms with Crippen LogP contribution in [0.15, 0.2) is 36.4 Å². The first-order valence-corrected chi connectivity index (χ1v) is 5.79. The van der Waals surface area contributed by atoms with Crippen molar-refractivity contribution in [1.29, 1.82) is 0 Å². The summed E-state index contributed by atoms with van der Waals surface area (Å²) < 4.78 is 10.4. The van der Waals surface area contributed by atoms with Gasteiger partial charge in [-0.2, -0.15) is 0 Å². The molecule has 0 radical (unpaired) electrons. The zero-order valence-corrected chi connectivity index (χ0v) is 10.2. The predicted octanol–water partition coefficient (Wildman–Crippen LogP) is 1.82. The summed E-state index contributed by atoms with van der Waals surface area (Å²) in [4.78, 5) is 22.9. The second-order valence-corrected chi connectivity index (χ2v) is 3.64. The quantitative estimate of drug-likeness (QED) is 0.510. The first kappa shape index (κ1) is 14.0. The minimum atomic E-state index is -1.20. The summed E-state index contributed by atoms with van der Waals surface area (Å²) in [5.74, 6) is 0.324. The van der Waals surface area contributed by atoms with E-state index in [4.69, 9.17) is 5.11 Å². The summed E-state index contributed by atoms with van der Waals surface area (Å²) in [5, 5.41) is 8.58. The molecule has 1 aromatic carbocycles. The molecule has 0 heterocycles. The fourth-order valence-corrected chi connectivity index (χ4v) is 1.44. The molecule has 1 N–H and O–H groups in total. The number of aliphatic carboxylic acids is 1. The Kier molecular flexibility index (Phi) is 5.65. The first-order valence-electron chi connectivity index (χ1n) is 4.98. The van der Waals surface area contributed by atoms with Crippen molar-refractivity contribution in [2.75, 3.05) is 6.54 Å². The van der Waals surface area contributed by atoms with Gasteiger partial charge in [-0.05, 0) is 0 Å². The van der Waals surface area contributed by atoms with Gasteiger partial charge in [0.05, 0.1) is 0 Å². The Bertz CT molecular complexity index is 562. The molecule has 1 amide bonds. The van der Waals surface area contributed by atoms with Crippen LogP contribution in [0.1, 0.15) is 5.56 Å². The summed E-state index contributed by atoms with van der Waals surface area (Å²) >= 11 is 0. The average Bonchev–Trinajstić information content (AvgIpc) is 2.36. The van der Waals surface area contributed by atoms with E-state index in [1.54, 1.807) is 18.2 Å². The second-order valence-electron chi connectivity index (χ2n) is 3.25. The third kappa shape index (κ3) is 4.83. The second kappa shape index (κ2) is 7.28. The van der Waals surface area contributed by atoms with E-state index >= 15 is 0 Å². The molecule has 6 heteroatoms. The van der Waals surface area contributed by atoms with Crippen LogP contribution in [0.2, 0.25) is 0 Å². The number of amides is 1. The molecule has 0 aromatic heterocycles. The van der Waals surface area contributed by atoms with E-state index in [2.05, 4.69) is 5.75 Å². The summed E-state index contributed by atoms with van der Waals surface area (Å²) in [7, 11) is -0.541. The number of rotatable bonds is 4. The van der Waals surface area contributed by atoms with Gasteiger partial charge in [-0.1, -0.05) is 0 Å². The van der Waals surface area contributed by atoms with Gasteiger partial charge in [0, 0.05) is 0 Å². The maximum atomic E-state index is 11.6. The molecule has 1 rings (SSSR count). The standard InChI is InChI=1S/C12H10NO4P/c14-11(13(9-18-17)8-12(15)16)7-6-10-4-2-1-3-5-10/h1-7H,8H2,(H,15,16). The zero-order chi connectivity index (χ0) is 13.4. The van der Waals surface area contributed by atoms with Crippen LogP contribution in [0, 0.1) is 5.75 Å². The molecule has 0 unspecified atom stereocenters. The molecular weight excluding hydrogens is 253 g/mol. The minimum absolute atomic E-state index is 0.541. The van der Waals surface area contributed by atoms with E-state index in [0.29, 0.717) is 0 Å². The number of hydrogen-bond acceptors (Lipinski definition) is 3. The van der Waals surface area contributed by atoms with Crippen molar-refractivity contribution in [3.8, 4) is 5.75 Å². The maximum absolute atomic E-state index is 11.6. The van der Waals surface area contributed by atoms with E-state index in [-0.39, 0.29) is 0 Å². The SMILES string of the molecule is O=P#CN(CC(=O)O)C(=O)C=Cc1ccccc1. The van der Waals surface area contributed by atoms with Crippen LogP contribution in [-0.2, 0) is 14.2 Å². The number of carboxylic acid groups (broad SMARTS) is 1. The van der Waals surface area contributed by atoms with E-state index in [9.17, 15) is 14.2 Å². The number of carboxylic acids is 1. The van der Waals surface area contributed by atoms with Crippen LogP contribution in [0.4, 0.5) is 0 Å². The first-order chi connectivity index (χ1) is 8.63. The van der Waals surface area contributed by atoms with E-state index in [0.717, 1.165) is 10.5 Å². The van der Waals surface area contributed by atoms with Crippen molar-refractivity contribution in [1.82, 2.24) is 4.90 Å². The number of benzene rings is 1. The van der Waals surface area contributed by atoms with Crippen LogP contribution >= 0.6 is 7.92 Å². The van der Waals surface area contributed by atoms with Crippen molar-refractivity contribution in [2.45, 2.75) is 0 Å². The Balaban J connectivity index is 2.78. The van der Waals surface area contributed by atoms with Crippen molar-refractivity contribution in [2.24, 2.45) is 0 Å². The monoisotopic (exact) mass is 263 g/mol. The van der Waals surface area contributed by atoms with Gasteiger partial charge in [0.2, 0.25) is 0 Å².